The molecule has 0 unspecified atom stereocenters. The van der Waals surface area contributed by atoms with Crippen molar-refractivity contribution in [2.45, 2.75) is 20.0 Å². The average Bonchev–Trinajstić information content (AvgIpc) is 2.90. The van der Waals surface area contributed by atoms with E-state index >= 15 is 0 Å². The van der Waals surface area contributed by atoms with E-state index in [0.717, 1.165) is 5.56 Å². The molecule has 2 aromatic rings. The maximum Gasteiger partial charge on any atom is 0.319 e. The van der Waals surface area contributed by atoms with Crippen LogP contribution in [0.2, 0.25) is 0 Å². The number of amides is 2. The molecular weight excluding hydrogens is 268 g/mol. The number of benzene rings is 1. The second-order valence-corrected chi connectivity index (χ2v) is 4.78. The first-order chi connectivity index (χ1) is 10.2. The van der Waals surface area contributed by atoms with E-state index in [1.54, 1.807) is 24.2 Å². The molecule has 0 atom stereocenters. The Balaban J connectivity index is 1.80. The monoisotopic (exact) mass is 288 g/mol. The first-order valence-electron chi connectivity index (χ1n) is 6.79. The lowest BCUT2D eigenvalue weighted by Gasteiger charge is -2.06. The van der Waals surface area contributed by atoms with E-state index in [1.165, 1.54) is 5.56 Å². The molecule has 1 heterocycles. The van der Waals surface area contributed by atoms with E-state index in [-0.39, 0.29) is 6.03 Å². The standard InChI is InChI=1S/C15H20N4O2/c1-12-4-3-5-13(8-12)9-16-15(20)18-14-10-17-19(11-14)6-7-21-2/h3-5,8,10-11H,6-7,9H2,1-2H3,(H2,16,18,20). The number of carbonyl (C=O) groups excluding carboxylic acids is 1. The molecule has 0 radical (unpaired) electrons. The molecule has 0 aliphatic carbocycles. The van der Waals surface area contributed by atoms with E-state index in [1.807, 2.05) is 31.2 Å². The molecule has 0 aliphatic rings. The second kappa shape index (κ2) is 7.44. The van der Waals surface area contributed by atoms with Crippen LogP contribution in [0.4, 0.5) is 10.5 Å². The number of nitrogens with zero attached hydrogens (tertiary/aromatic N) is 2. The molecule has 0 bridgehead atoms. The van der Waals surface area contributed by atoms with Crippen LogP contribution in [0.25, 0.3) is 0 Å². The number of hydrogen-bond donors (Lipinski definition) is 2. The Morgan fingerprint density at radius 2 is 2.29 bits per heavy atom. The molecular formula is C15H20N4O2. The van der Waals surface area contributed by atoms with Gasteiger partial charge in [0.2, 0.25) is 0 Å². The van der Waals surface area contributed by atoms with E-state index in [9.17, 15) is 4.79 Å². The number of nitrogens with one attached hydrogen (secondary N) is 2. The highest BCUT2D eigenvalue weighted by Gasteiger charge is 2.04. The summed E-state index contributed by atoms with van der Waals surface area (Å²) >= 11 is 0. The summed E-state index contributed by atoms with van der Waals surface area (Å²) < 4.78 is 6.69. The highest BCUT2D eigenvalue weighted by Crippen LogP contribution is 2.06. The van der Waals surface area contributed by atoms with Crippen LogP contribution in [0, 0.1) is 6.92 Å². The third-order valence-corrected chi connectivity index (χ3v) is 2.95. The van der Waals surface area contributed by atoms with Crippen molar-refractivity contribution in [3.63, 3.8) is 0 Å². The average molecular weight is 288 g/mol. The quantitative estimate of drug-likeness (QED) is 0.856. The van der Waals surface area contributed by atoms with Crippen LogP contribution < -0.4 is 10.6 Å². The normalized spacial score (nSPS) is 10.4. The van der Waals surface area contributed by atoms with Gasteiger partial charge in [0.25, 0.3) is 0 Å². The fraction of sp³-hybridized carbons (Fsp3) is 0.333. The number of ether oxygens (including phenoxy) is 1. The predicted molar refractivity (Wildman–Crippen MR) is 81.1 cm³/mol. The molecule has 1 aromatic carbocycles. The summed E-state index contributed by atoms with van der Waals surface area (Å²) in [5.41, 5.74) is 2.91. The van der Waals surface area contributed by atoms with Crippen molar-refractivity contribution in [1.29, 1.82) is 0 Å². The lowest BCUT2D eigenvalue weighted by atomic mass is 10.1. The first kappa shape index (κ1) is 15.1. The van der Waals surface area contributed by atoms with Crippen LogP contribution in [0.1, 0.15) is 11.1 Å². The lowest BCUT2D eigenvalue weighted by Crippen LogP contribution is -2.28. The molecule has 21 heavy (non-hydrogen) atoms. The van der Waals surface area contributed by atoms with Crippen LogP contribution >= 0.6 is 0 Å². The second-order valence-electron chi connectivity index (χ2n) is 4.78. The van der Waals surface area contributed by atoms with Gasteiger partial charge in [-0.05, 0) is 12.5 Å². The van der Waals surface area contributed by atoms with Gasteiger partial charge in [-0.3, -0.25) is 4.68 Å². The zero-order chi connectivity index (χ0) is 15.1. The highest BCUT2D eigenvalue weighted by molar-refractivity contribution is 5.88. The Hall–Kier alpha value is -2.34. The van der Waals surface area contributed by atoms with Crippen molar-refractivity contribution in [2.75, 3.05) is 19.0 Å². The molecule has 1 aromatic heterocycles. The van der Waals surface area contributed by atoms with Crippen molar-refractivity contribution in [2.24, 2.45) is 0 Å². The molecule has 0 fully saturated rings. The Morgan fingerprint density at radius 3 is 3.05 bits per heavy atom. The molecule has 0 aliphatic heterocycles. The van der Waals surface area contributed by atoms with Gasteiger partial charge in [-0.15, -0.1) is 0 Å². The Kier molecular flexibility index (Phi) is 5.34. The molecule has 2 N–H and O–H groups in total. The molecule has 0 spiro atoms. The van der Waals surface area contributed by atoms with Crippen LogP contribution in [0.3, 0.4) is 0 Å². The van der Waals surface area contributed by atoms with Crippen LogP contribution in [0.15, 0.2) is 36.7 Å². The number of anilines is 1. The molecule has 0 saturated carbocycles. The SMILES string of the molecule is COCCn1cc(NC(=O)NCc2cccc(C)c2)cn1. The summed E-state index contributed by atoms with van der Waals surface area (Å²) in [6.07, 6.45) is 3.38. The van der Waals surface area contributed by atoms with Gasteiger partial charge in [-0.1, -0.05) is 29.8 Å². The van der Waals surface area contributed by atoms with Gasteiger partial charge in [0.15, 0.2) is 0 Å². The van der Waals surface area contributed by atoms with Gasteiger partial charge >= 0.3 is 6.03 Å². The van der Waals surface area contributed by atoms with Crippen molar-refractivity contribution in [3.05, 3.63) is 47.8 Å². The Bertz CT molecular complexity index is 595. The van der Waals surface area contributed by atoms with E-state index < -0.39 is 0 Å². The first-order valence-corrected chi connectivity index (χ1v) is 6.79. The third-order valence-electron chi connectivity index (χ3n) is 2.95. The fourth-order valence-electron chi connectivity index (χ4n) is 1.91. The van der Waals surface area contributed by atoms with Gasteiger partial charge in [0.05, 0.1) is 25.0 Å². The summed E-state index contributed by atoms with van der Waals surface area (Å²) in [6.45, 7) is 3.76. The smallest absolute Gasteiger partial charge is 0.319 e. The Morgan fingerprint density at radius 1 is 1.43 bits per heavy atom. The van der Waals surface area contributed by atoms with Crippen molar-refractivity contribution in [3.8, 4) is 0 Å². The van der Waals surface area contributed by atoms with Crippen molar-refractivity contribution in [1.82, 2.24) is 15.1 Å². The van der Waals surface area contributed by atoms with Crippen LogP contribution in [-0.2, 0) is 17.8 Å². The van der Waals surface area contributed by atoms with E-state index in [4.69, 9.17) is 4.74 Å². The van der Waals surface area contributed by atoms with Crippen LogP contribution in [0.5, 0.6) is 0 Å². The number of aryl methyl sites for hydroxylation is 1. The summed E-state index contributed by atoms with van der Waals surface area (Å²) in [7, 11) is 1.64. The minimum absolute atomic E-state index is 0.247. The number of rotatable bonds is 6. The van der Waals surface area contributed by atoms with Crippen LogP contribution in [-0.4, -0.2) is 29.5 Å². The van der Waals surface area contributed by atoms with Gasteiger partial charge < -0.3 is 15.4 Å². The third kappa shape index (κ3) is 4.92. The zero-order valence-electron chi connectivity index (χ0n) is 12.3. The van der Waals surface area contributed by atoms with Gasteiger partial charge in [0, 0.05) is 19.9 Å². The molecule has 0 saturated heterocycles. The minimum atomic E-state index is -0.247. The summed E-state index contributed by atoms with van der Waals surface area (Å²) in [5, 5.41) is 9.70. The van der Waals surface area contributed by atoms with Gasteiger partial charge in [-0.2, -0.15) is 5.10 Å². The molecule has 2 rings (SSSR count). The Labute approximate surface area is 124 Å². The summed E-state index contributed by atoms with van der Waals surface area (Å²) in [6, 6.07) is 7.78. The number of aromatic nitrogens is 2. The maximum atomic E-state index is 11.8. The largest absolute Gasteiger partial charge is 0.383 e. The lowest BCUT2D eigenvalue weighted by molar-refractivity contribution is 0.183. The molecule has 6 heteroatoms. The van der Waals surface area contributed by atoms with E-state index in [2.05, 4.69) is 15.7 Å². The number of urea groups is 1. The summed E-state index contributed by atoms with van der Waals surface area (Å²) in [4.78, 5) is 11.8. The highest BCUT2D eigenvalue weighted by atomic mass is 16.5. The van der Waals surface area contributed by atoms with Crippen molar-refractivity contribution >= 4 is 11.7 Å². The molecule has 2 amide bonds. The molecule has 112 valence electrons. The summed E-state index contributed by atoms with van der Waals surface area (Å²) in [5.74, 6) is 0. The van der Waals surface area contributed by atoms with Gasteiger partial charge in [0.1, 0.15) is 0 Å². The number of hydrogen-bond acceptors (Lipinski definition) is 3. The topological polar surface area (TPSA) is 68.2 Å². The predicted octanol–water partition coefficient (Wildman–Crippen LogP) is 2.16. The molecule has 6 nitrogen and oxygen atoms in total. The van der Waals surface area contributed by atoms with Crippen molar-refractivity contribution < 1.29 is 9.53 Å². The zero-order valence-corrected chi connectivity index (χ0v) is 12.3. The maximum absolute atomic E-state index is 11.8. The van der Waals surface area contributed by atoms with Gasteiger partial charge in [-0.25, -0.2) is 4.79 Å². The minimum Gasteiger partial charge on any atom is -0.383 e. The fourth-order valence-corrected chi connectivity index (χ4v) is 1.91. The number of methoxy groups -OCH3 is 1. The van der Waals surface area contributed by atoms with E-state index in [0.29, 0.717) is 25.4 Å². The number of carbonyl (C=O) groups is 1.